The Balaban J connectivity index is 2.32. The number of carboxylic acids is 1. The van der Waals surface area contributed by atoms with Crippen LogP contribution in [0.2, 0.25) is 0 Å². The summed E-state index contributed by atoms with van der Waals surface area (Å²) < 4.78 is 0. The van der Waals surface area contributed by atoms with Crippen LogP contribution in [0.15, 0.2) is 0 Å². The number of nitrogens with one attached hydrogen (secondary N) is 1. The van der Waals surface area contributed by atoms with Crippen molar-refractivity contribution in [2.24, 2.45) is 17.8 Å². The third-order valence-corrected chi connectivity index (χ3v) is 4.95. The molecule has 0 aromatic heterocycles. The highest BCUT2D eigenvalue weighted by Crippen LogP contribution is 2.38. The quantitative estimate of drug-likeness (QED) is 0.560. The van der Waals surface area contributed by atoms with Crippen LogP contribution >= 0.6 is 11.8 Å². The Kier molecular flexibility index (Phi) is 7.99. The highest BCUT2D eigenvalue weighted by Gasteiger charge is 2.41. The van der Waals surface area contributed by atoms with E-state index in [0.717, 1.165) is 24.3 Å². The minimum absolute atomic E-state index is 0.115. The first-order chi connectivity index (χ1) is 9.60. The van der Waals surface area contributed by atoms with Crippen LogP contribution in [0.5, 0.6) is 0 Å². The Labute approximate surface area is 124 Å². The Bertz CT molecular complexity index is 324. The molecule has 1 rings (SSSR count). The maximum atomic E-state index is 12.1. The van der Waals surface area contributed by atoms with Gasteiger partial charge in [-0.3, -0.25) is 9.59 Å². The van der Waals surface area contributed by atoms with E-state index in [-0.39, 0.29) is 18.4 Å². The van der Waals surface area contributed by atoms with Crippen molar-refractivity contribution >= 4 is 23.6 Å². The van der Waals surface area contributed by atoms with Crippen molar-refractivity contribution in [3.63, 3.8) is 0 Å². The molecule has 0 radical (unpaired) electrons. The second-order valence-corrected chi connectivity index (χ2v) is 6.50. The third kappa shape index (κ3) is 5.32. The molecule has 6 heteroatoms. The van der Waals surface area contributed by atoms with E-state index in [0.29, 0.717) is 25.3 Å². The molecular formula is C14H25NO4S. The van der Waals surface area contributed by atoms with Crippen LogP contribution in [0.3, 0.4) is 0 Å². The van der Waals surface area contributed by atoms with Gasteiger partial charge in [-0.05, 0) is 30.9 Å². The van der Waals surface area contributed by atoms with E-state index in [1.807, 2.05) is 6.92 Å². The third-order valence-electron chi connectivity index (χ3n) is 3.88. The van der Waals surface area contributed by atoms with Gasteiger partial charge in [0, 0.05) is 18.9 Å². The molecule has 3 atom stereocenters. The molecular weight excluding hydrogens is 278 g/mol. The molecule has 1 unspecified atom stereocenters. The van der Waals surface area contributed by atoms with Gasteiger partial charge in [-0.1, -0.05) is 13.3 Å². The molecule has 0 aliphatic heterocycles. The van der Waals surface area contributed by atoms with Gasteiger partial charge in [0.1, 0.15) is 0 Å². The van der Waals surface area contributed by atoms with E-state index in [4.69, 9.17) is 5.11 Å². The summed E-state index contributed by atoms with van der Waals surface area (Å²) in [6, 6.07) is 0. The molecule has 1 aliphatic rings. The Morgan fingerprint density at radius 2 is 1.95 bits per heavy atom. The number of aliphatic hydroxyl groups is 1. The topological polar surface area (TPSA) is 86.6 Å². The lowest BCUT2D eigenvalue weighted by Gasteiger charge is -2.15. The smallest absolute Gasteiger partial charge is 0.307 e. The summed E-state index contributed by atoms with van der Waals surface area (Å²) >= 11 is 1.68. The van der Waals surface area contributed by atoms with Gasteiger partial charge in [-0.15, -0.1) is 0 Å². The fourth-order valence-electron chi connectivity index (χ4n) is 2.69. The summed E-state index contributed by atoms with van der Waals surface area (Å²) in [4.78, 5) is 23.3. The zero-order valence-corrected chi connectivity index (χ0v) is 12.8. The van der Waals surface area contributed by atoms with E-state index >= 15 is 0 Å². The molecule has 20 heavy (non-hydrogen) atoms. The van der Waals surface area contributed by atoms with Crippen LogP contribution in [0, 0.1) is 17.8 Å². The Hall–Kier alpha value is -0.750. The van der Waals surface area contributed by atoms with Crippen LogP contribution < -0.4 is 5.32 Å². The number of aliphatic carboxylic acids is 1. The monoisotopic (exact) mass is 303 g/mol. The number of aliphatic hydroxyl groups excluding tert-OH is 1. The van der Waals surface area contributed by atoms with Crippen molar-refractivity contribution in [3.05, 3.63) is 0 Å². The molecule has 5 nitrogen and oxygen atoms in total. The Morgan fingerprint density at radius 3 is 2.55 bits per heavy atom. The maximum absolute atomic E-state index is 12.1. The molecule has 0 spiro atoms. The SMILES string of the molecule is CCC1C[C@H](C(=O)NCCSCCCO)[C@H](C(=O)O)C1. The number of rotatable bonds is 9. The Morgan fingerprint density at radius 1 is 1.25 bits per heavy atom. The minimum atomic E-state index is -0.849. The van der Waals surface area contributed by atoms with E-state index < -0.39 is 11.9 Å². The van der Waals surface area contributed by atoms with E-state index in [1.54, 1.807) is 11.8 Å². The highest BCUT2D eigenvalue weighted by atomic mass is 32.2. The van der Waals surface area contributed by atoms with E-state index in [1.165, 1.54) is 0 Å². The lowest BCUT2D eigenvalue weighted by Crippen LogP contribution is -2.36. The molecule has 3 N–H and O–H groups in total. The summed E-state index contributed by atoms with van der Waals surface area (Å²) in [7, 11) is 0. The zero-order valence-electron chi connectivity index (χ0n) is 12.0. The maximum Gasteiger partial charge on any atom is 0.307 e. The number of carbonyl (C=O) groups excluding carboxylic acids is 1. The molecule has 1 fully saturated rings. The molecule has 116 valence electrons. The van der Waals surface area contributed by atoms with Crippen LogP contribution in [0.4, 0.5) is 0 Å². The normalized spacial score (nSPS) is 25.6. The van der Waals surface area contributed by atoms with Gasteiger partial charge in [-0.25, -0.2) is 0 Å². The fraction of sp³-hybridized carbons (Fsp3) is 0.857. The van der Waals surface area contributed by atoms with Gasteiger partial charge in [0.05, 0.1) is 11.8 Å². The van der Waals surface area contributed by atoms with Crippen LogP contribution in [0.25, 0.3) is 0 Å². The van der Waals surface area contributed by atoms with Gasteiger partial charge in [0.2, 0.25) is 5.91 Å². The van der Waals surface area contributed by atoms with E-state index in [9.17, 15) is 14.7 Å². The number of amides is 1. The highest BCUT2D eigenvalue weighted by molar-refractivity contribution is 7.99. The van der Waals surface area contributed by atoms with Crippen molar-refractivity contribution in [2.45, 2.75) is 32.6 Å². The van der Waals surface area contributed by atoms with Crippen LogP contribution in [0.1, 0.15) is 32.6 Å². The number of hydrogen-bond acceptors (Lipinski definition) is 4. The molecule has 1 amide bonds. The summed E-state index contributed by atoms with van der Waals surface area (Å²) in [6.45, 7) is 2.80. The molecule has 0 bridgehead atoms. The van der Waals surface area contributed by atoms with Gasteiger partial charge < -0.3 is 15.5 Å². The summed E-state index contributed by atoms with van der Waals surface area (Å²) in [5, 5.41) is 20.7. The minimum Gasteiger partial charge on any atom is -0.481 e. The van der Waals surface area contributed by atoms with Gasteiger partial charge >= 0.3 is 5.97 Å². The first-order valence-electron chi connectivity index (χ1n) is 7.29. The predicted molar refractivity (Wildman–Crippen MR) is 79.7 cm³/mol. The molecule has 0 saturated heterocycles. The average Bonchev–Trinajstić information content (AvgIpc) is 2.87. The first-order valence-corrected chi connectivity index (χ1v) is 8.44. The largest absolute Gasteiger partial charge is 0.481 e. The van der Waals surface area contributed by atoms with Crippen LogP contribution in [-0.4, -0.2) is 46.7 Å². The molecule has 1 saturated carbocycles. The van der Waals surface area contributed by atoms with Crippen molar-refractivity contribution in [3.8, 4) is 0 Å². The second kappa shape index (κ2) is 9.23. The van der Waals surface area contributed by atoms with Crippen molar-refractivity contribution in [2.75, 3.05) is 24.7 Å². The summed E-state index contributed by atoms with van der Waals surface area (Å²) in [5.74, 6) is 0.168. The second-order valence-electron chi connectivity index (χ2n) is 5.28. The van der Waals surface area contributed by atoms with Crippen LogP contribution in [-0.2, 0) is 9.59 Å². The molecule has 1 aliphatic carbocycles. The number of carbonyl (C=O) groups is 2. The number of thioether (sulfide) groups is 1. The van der Waals surface area contributed by atoms with Gasteiger partial charge in [0.15, 0.2) is 0 Å². The van der Waals surface area contributed by atoms with Crippen molar-refractivity contribution < 1.29 is 19.8 Å². The lowest BCUT2D eigenvalue weighted by molar-refractivity contribution is -0.146. The van der Waals surface area contributed by atoms with Gasteiger partial charge in [-0.2, -0.15) is 11.8 Å². The van der Waals surface area contributed by atoms with Crippen molar-refractivity contribution in [1.82, 2.24) is 5.32 Å². The summed E-state index contributed by atoms with van der Waals surface area (Å²) in [5.41, 5.74) is 0. The summed E-state index contributed by atoms with van der Waals surface area (Å²) in [6.07, 6.45) is 3.01. The van der Waals surface area contributed by atoms with Crippen molar-refractivity contribution in [1.29, 1.82) is 0 Å². The molecule has 0 aromatic rings. The fourth-order valence-corrected chi connectivity index (χ4v) is 3.47. The standard InChI is InChI=1S/C14H25NO4S/c1-2-10-8-11(12(9-10)14(18)19)13(17)15-4-7-20-6-3-5-16/h10-12,16H,2-9H2,1H3,(H,15,17)(H,18,19)/t10?,11-,12+/m0/s1. The number of carboxylic acid groups (broad SMARTS) is 1. The molecule has 0 aromatic carbocycles. The predicted octanol–water partition coefficient (Wildman–Crippen LogP) is 1.36. The zero-order chi connectivity index (χ0) is 15.0. The average molecular weight is 303 g/mol. The lowest BCUT2D eigenvalue weighted by atomic mass is 9.95. The first kappa shape index (κ1) is 17.3. The van der Waals surface area contributed by atoms with E-state index in [2.05, 4.69) is 5.32 Å². The number of hydrogen-bond donors (Lipinski definition) is 3. The van der Waals surface area contributed by atoms with Gasteiger partial charge in [0.25, 0.3) is 0 Å². The molecule has 0 heterocycles.